The summed E-state index contributed by atoms with van der Waals surface area (Å²) in [5, 5.41) is 5.80. The van der Waals surface area contributed by atoms with Crippen LogP contribution in [0.3, 0.4) is 0 Å². The van der Waals surface area contributed by atoms with Gasteiger partial charge in [-0.3, -0.25) is 4.99 Å². The zero-order chi connectivity index (χ0) is 11.4. The predicted molar refractivity (Wildman–Crippen MR) is 65.2 cm³/mol. The van der Waals surface area contributed by atoms with Crippen molar-refractivity contribution in [3.63, 3.8) is 0 Å². The van der Waals surface area contributed by atoms with E-state index < -0.39 is 0 Å². The first-order valence-electron chi connectivity index (χ1n) is 5.70. The maximum Gasteiger partial charge on any atom is 0.203 e. The van der Waals surface area contributed by atoms with Gasteiger partial charge in [-0.25, -0.2) is 4.68 Å². The number of nitrogens with zero attached hydrogens (tertiary/aromatic N) is 3. The lowest BCUT2D eigenvalue weighted by atomic mass is 10.1. The summed E-state index contributed by atoms with van der Waals surface area (Å²) in [4.78, 5) is 5.64. The second-order valence-electron chi connectivity index (χ2n) is 4.07. The summed E-state index contributed by atoms with van der Waals surface area (Å²) in [6.07, 6.45) is 1.14. The van der Waals surface area contributed by atoms with Gasteiger partial charge in [-0.15, -0.1) is 0 Å². The van der Waals surface area contributed by atoms with Gasteiger partial charge in [0.15, 0.2) is 0 Å². The third-order valence-corrected chi connectivity index (χ3v) is 3.53. The largest absolute Gasteiger partial charge is 0.255 e. The van der Waals surface area contributed by atoms with Gasteiger partial charge in [-0.2, -0.15) is 5.10 Å². The van der Waals surface area contributed by atoms with Crippen molar-refractivity contribution < 1.29 is 0 Å². The highest BCUT2D eigenvalue weighted by Gasteiger charge is 2.09. The predicted octanol–water partition coefficient (Wildman–Crippen LogP) is 2.79. The maximum atomic E-state index is 4.59. The number of rotatable bonds is 4. The van der Waals surface area contributed by atoms with Crippen LogP contribution >= 0.6 is 11.3 Å². The van der Waals surface area contributed by atoms with Crippen molar-refractivity contribution in [2.24, 2.45) is 4.99 Å². The molecule has 0 aliphatic carbocycles. The van der Waals surface area contributed by atoms with Crippen molar-refractivity contribution in [3.8, 4) is 0 Å². The van der Waals surface area contributed by atoms with E-state index in [9.17, 15) is 0 Å². The second-order valence-corrected chi connectivity index (χ2v) is 5.06. The minimum atomic E-state index is 0.341. The molecule has 0 amide bonds. The normalized spacial score (nSPS) is 14.9. The van der Waals surface area contributed by atoms with Crippen LogP contribution in [0.5, 0.6) is 0 Å². The first kappa shape index (κ1) is 12.4. The summed E-state index contributed by atoms with van der Waals surface area (Å²) in [7, 11) is 0. The molecule has 1 unspecified atom stereocenters. The molecule has 0 saturated heterocycles. The average molecular weight is 227 g/mol. The van der Waals surface area contributed by atoms with Gasteiger partial charge >= 0.3 is 0 Å². The molecule has 0 saturated carbocycles. The monoisotopic (exact) mass is 227 g/mol. The van der Waals surface area contributed by atoms with Crippen molar-refractivity contribution in [3.05, 3.63) is 9.81 Å². The van der Waals surface area contributed by atoms with E-state index in [-0.39, 0.29) is 0 Å². The van der Waals surface area contributed by atoms with E-state index in [2.05, 4.69) is 44.7 Å². The number of aryl methyl sites for hydroxylation is 1. The Hall–Kier alpha value is -0.640. The molecule has 1 aromatic heterocycles. The summed E-state index contributed by atoms with van der Waals surface area (Å²) in [5.41, 5.74) is 0. The zero-order valence-electron chi connectivity index (χ0n) is 10.3. The molecule has 3 nitrogen and oxygen atoms in total. The number of hydrogen-bond donors (Lipinski definition) is 0. The fraction of sp³-hybridized carbons (Fsp3) is 0.818. The average Bonchev–Trinajstić information content (AvgIpc) is 2.59. The van der Waals surface area contributed by atoms with Crippen molar-refractivity contribution in [1.29, 1.82) is 0 Å². The van der Waals surface area contributed by atoms with Gasteiger partial charge in [0.05, 0.1) is 0 Å². The maximum absolute atomic E-state index is 4.59. The molecule has 0 aliphatic heterocycles. The molecule has 0 spiro atoms. The van der Waals surface area contributed by atoms with E-state index >= 15 is 0 Å². The van der Waals surface area contributed by atoms with Gasteiger partial charge < -0.3 is 0 Å². The van der Waals surface area contributed by atoms with E-state index in [1.54, 1.807) is 11.3 Å². The SMILES string of the molecule is CCC(C)c1nn(CC)/c(=N\C(C)C)s1. The third-order valence-electron chi connectivity index (χ3n) is 2.34. The standard InChI is InChI=1S/C11H21N3S/c1-6-9(5)10-13-14(7-2)11(15-10)12-8(3)4/h8-9H,6-7H2,1-5H3/b12-11+. The highest BCUT2D eigenvalue weighted by atomic mass is 32.1. The molecule has 1 atom stereocenters. The molecule has 1 heterocycles. The lowest BCUT2D eigenvalue weighted by molar-refractivity contribution is 0.589. The Bertz CT molecular complexity index is 362. The molecule has 0 radical (unpaired) electrons. The molecule has 0 fully saturated rings. The van der Waals surface area contributed by atoms with Crippen LogP contribution in [0.25, 0.3) is 0 Å². The highest BCUT2D eigenvalue weighted by molar-refractivity contribution is 7.08. The molecular formula is C11H21N3S. The third kappa shape index (κ3) is 3.16. The summed E-state index contributed by atoms with van der Waals surface area (Å²) in [6.45, 7) is 11.6. The molecule has 0 N–H and O–H groups in total. The van der Waals surface area contributed by atoms with Crippen molar-refractivity contribution >= 4 is 11.3 Å². The van der Waals surface area contributed by atoms with Crippen LogP contribution in [-0.4, -0.2) is 15.8 Å². The van der Waals surface area contributed by atoms with E-state index in [1.165, 1.54) is 5.01 Å². The topological polar surface area (TPSA) is 30.2 Å². The lowest BCUT2D eigenvalue weighted by Crippen LogP contribution is -2.17. The molecule has 0 aromatic carbocycles. The van der Waals surface area contributed by atoms with Gasteiger partial charge in [0.1, 0.15) is 5.01 Å². The van der Waals surface area contributed by atoms with Crippen molar-refractivity contribution in [2.75, 3.05) is 0 Å². The summed E-state index contributed by atoms with van der Waals surface area (Å²) in [5.74, 6) is 0.545. The Labute approximate surface area is 95.9 Å². The fourth-order valence-corrected chi connectivity index (χ4v) is 2.46. The van der Waals surface area contributed by atoms with Crippen molar-refractivity contribution in [2.45, 2.75) is 59.5 Å². The van der Waals surface area contributed by atoms with Gasteiger partial charge in [0.2, 0.25) is 4.80 Å². The molecule has 1 rings (SSSR count). The highest BCUT2D eigenvalue weighted by Crippen LogP contribution is 2.17. The first-order valence-corrected chi connectivity index (χ1v) is 6.51. The molecular weight excluding hydrogens is 206 g/mol. The molecule has 0 aliphatic rings. The minimum Gasteiger partial charge on any atom is -0.255 e. The first-order chi connectivity index (χ1) is 7.08. The van der Waals surface area contributed by atoms with Crippen LogP contribution < -0.4 is 4.80 Å². The zero-order valence-corrected chi connectivity index (χ0v) is 11.1. The van der Waals surface area contributed by atoms with E-state index in [1.807, 2.05) is 4.68 Å². The number of hydrogen-bond acceptors (Lipinski definition) is 3. The Morgan fingerprint density at radius 3 is 2.47 bits per heavy atom. The van der Waals surface area contributed by atoms with Crippen LogP contribution in [0.1, 0.15) is 52.0 Å². The molecule has 0 bridgehead atoms. The van der Waals surface area contributed by atoms with Gasteiger partial charge in [0.25, 0.3) is 0 Å². The van der Waals surface area contributed by atoms with E-state index in [4.69, 9.17) is 0 Å². The summed E-state index contributed by atoms with van der Waals surface area (Å²) >= 11 is 1.73. The van der Waals surface area contributed by atoms with Gasteiger partial charge in [-0.05, 0) is 27.2 Å². The summed E-state index contributed by atoms with van der Waals surface area (Å²) < 4.78 is 2.01. The molecule has 1 aromatic rings. The van der Waals surface area contributed by atoms with Crippen LogP contribution in [-0.2, 0) is 6.54 Å². The van der Waals surface area contributed by atoms with E-state index in [0.29, 0.717) is 12.0 Å². The molecule has 15 heavy (non-hydrogen) atoms. The Balaban J connectivity index is 3.11. The van der Waals surface area contributed by atoms with Gasteiger partial charge in [0, 0.05) is 18.5 Å². The van der Waals surface area contributed by atoms with Crippen molar-refractivity contribution in [1.82, 2.24) is 9.78 Å². The summed E-state index contributed by atoms with van der Waals surface area (Å²) in [6, 6.07) is 0.341. The Morgan fingerprint density at radius 2 is 2.00 bits per heavy atom. The van der Waals surface area contributed by atoms with Crippen LogP contribution in [0.15, 0.2) is 4.99 Å². The van der Waals surface area contributed by atoms with Crippen LogP contribution in [0, 0.1) is 0 Å². The lowest BCUT2D eigenvalue weighted by Gasteiger charge is -2.00. The Morgan fingerprint density at radius 1 is 1.33 bits per heavy atom. The van der Waals surface area contributed by atoms with Crippen LogP contribution in [0.4, 0.5) is 0 Å². The van der Waals surface area contributed by atoms with Crippen LogP contribution in [0.2, 0.25) is 0 Å². The quantitative estimate of drug-likeness (QED) is 0.778. The number of aromatic nitrogens is 2. The molecule has 86 valence electrons. The second kappa shape index (κ2) is 5.45. The van der Waals surface area contributed by atoms with E-state index in [0.717, 1.165) is 17.8 Å². The molecule has 4 heteroatoms. The Kier molecular flexibility index (Phi) is 4.51. The minimum absolute atomic E-state index is 0.341. The fourth-order valence-electron chi connectivity index (χ4n) is 1.22. The smallest absolute Gasteiger partial charge is 0.203 e. The van der Waals surface area contributed by atoms with Gasteiger partial charge in [-0.1, -0.05) is 25.2 Å².